The van der Waals surface area contributed by atoms with Crippen LogP contribution in [0, 0.1) is 0 Å². The standard InChI is InChI=1S/C12H12O4/c13-8-3-1-7(2-4-8)12-10(15)5-9(14)6-11(12)16/h1-5,9,13-16H,6H2. The molecule has 0 amide bonds. The molecule has 4 heteroatoms. The maximum absolute atomic E-state index is 9.69. The van der Waals surface area contributed by atoms with Crippen LogP contribution in [0.4, 0.5) is 0 Å². The van der Waals surface area contributed by atoms with Crippen LogP contribution in [0.1, 0.15) is 12.0 Å². The maximum atomic E-state index is 9.69. The Kier molecular flexibility index (Phi) is 2.58. The van der Waals surface area contributed by atoms with E-state index in [1.165, 1.54) is 18.2 Å². The van der Waals surface area contributed by atoms with Crippen LogP contribution in [-0.4, -0.2) is 26.5 Å². The average molecular weight is 220 g/mol. The number of rotatable bonds is 1. The minimum Gasteiger partial charge on any atom is -0.511 e. The summed E-state index contributed by atoms with van der Waals surface area (Å²) in [5, 5.41) is 37.8. The number of hydrogen-bond acceptors (Lipinski definition) is 4. The van der Waals surface area contributed by atoms with Gasteiger partial charge in [-0.05, 0) is 23.8 Å². The summed E-state index contributed by atoms with van der Waals surface area (Å²) in [7, 11) is 0. The van der Waals surface area contributed by atoms with E-state index in [1.807, 2.05) is 0 Å². The minimum atomic E-state index is -0.860. The quantitative estimate of drug-likeness (QED) is 0.582. The molecule has 1 aliphatic rings. The molecule has 84 valence electrons. The van der Waals surface area contributed by atoms with Crippen molar-refractivity contribution in [2.45, 2.75) is 12.5 Å². The summed E-state index contributed by atoms with van der Waals surface area (Å²) < 4.78 is 0. The van der Waals surface area contributed by atoms with Crippen LogP contribution in [0.25, 0.3) is 5.57 Å². The molecule has 0 spiro atoms. The molecule has 16 heavy (non-hydrogen) atoms. The highest BCUT2D eigenvalue weighted by Crippen LogP contribution is 2.31. The third-order valence-corrected chi connectivity index (χ3v) is 2.45. The molecule has 1 unspecified atom stereocenters. The fraction of sp³-hybridized carbons (Fsp3) is 0.167. The fourth-order valence-electron chi connectivity index (χ4n) is 1.72. The molecule has 2 rings (SSSR count). The first kappa shape index (κ1) is 10.6. The van der Waals surface area contributed by atoms with Crippen molar-refractivity contribution >= 4 is 5.57 Å². The summed E-state index contributed by atoms with van der Waals surface area (Å²) >= 11 is 0. The second-order valence-corrected chi connectivity index (χ2v) is 3.69. The van der Waals surface area contributed by atoms with Crippen LogP contribution in [0.5, 0.6) is 5.75 Å². The average Bonchev–Trinajstić information content (AvgIpc) is 2.19. The Morgan fingerprint density at radius 1 is 1.00 bits per heavy atom. The molecule has 0 saturated carbocycles. The van der Waals surface area contributed by atoms with Gasteiger partial charge in [-0.1, -0.05) is 12.1 Å². The lowest BCUT2D eigenvalue weighted by molar-refractivity contribution is 0.193. The van der Waals surface area contributed by atoms with E-state index in [2.05, 4.69) is 0 Å². The van der Waals surface area contributed by atoms with Gasteiger partial charge in [0.05, 0.1) is 11.7 Å². The molecule has 0 bridgehead atoms. The Morgan fingerprint density at radius 2 is 1.62 bits per heavy atom. The third-order valence-electron chi connectivity index (χ3n) is 2.45. The zero-order valence-corrected chi connectivity index (χ0v) is 8.46. The smallest absolute Gasteiger partial charge is 0.125 e. The lowest BCUT2D eigenvalue weighted by atomic mass is 9.95. The fourth-order valence-corrected chi connectivity index (χ4v) is 1.72. The predicted octanol–water partition coefficient (Wildman–Crippen LogP) is 1.87. The number of aliphatic hydroxyl groups excluding tert-OH is 3. The number of aliphatic hydroxyl groups is 3. The van der Waals surface area contributed by atoms with Gasteiger partial charge in [0.1, 0.15) is 17.3 Å². The molecular weight excluding hydrogens is 208 g/mol. The Morgan fingerprint density at radius 3 is 2.19 bits per heavy atom. The normalized spacial score (nSPS) is 20.8. The third kappa shape index (κ3) is 1.87. The van der Waals surface area contributed by atoms with Crippen molar-refractivity contribution in [3.05, 3.63) is 47.4 Å². The van der Waals surface area contributed by atoms with E-state index < -0.39 is 6.10 Å². The highest BCUT2D eigenvalue weighted by atomic mass is 16.3. The van der Waals surface area contributed by atoms with Crippen molar-refractivity contribution in [2.24, 2.45) is 0 Å². The van der Waals surface area contributed by atoms with Crippen molar-refractivity contribution in [3.8, 4) is 5.75 Å². The van der Waals surface area contributed by atoms with Gasteiger partial charge in [0.15, 0.2) is 0 Å². The van der Waals surface area contributed by atoms with Crippen LogP contribution in [0.15, 0.2) is 41.9 Å². The van der Waals surface area contributed by atoms with Crippen LogP contribution < -0.4 is 0 Å². The highest BCUT2D eigenvalue weighted by molar-refractivity contribution is 5.79. The predicted molar refractivity (Wildman–Crippen MR) is 59.0 cm³/mol. The Bertz CT molecular complexity index is 456. The van der Waals surface area contributed by atoms with Crippen LogP contribution >= 0.6 is 0 Å². The summed E-state index contributed by atoms with van der Waals surface area (Å²) in [4.78, 5) is 0. The summed E-state index contributed by atoms with van der Waals surface area (Å²) in [5.74, 6) is -0.0942. The molecule has 4 N–H and O–H groups in total. The minimum absolute atomic E-state index is 0.0572. The highest BCUT2D eigenvalue weighted by Gasteiger charge is 2.21. The molecule has 0 aliphatic heterocycles. The van der Waals surface area contributed by atoms with E-state index in [4.69, 9.17) is 5.11 Å². The molecule has 0 radical (unpaired) electrons. The zero-order valence-electron chi connectivity index (χ0n) is 8.46. The van der Waals surface area contributed by atoms with Crippen molar-refractivity contribution in [1.29, 1.82) is 0 Å². The molecular formula is C12H12O4. The molecule has 4 nitrogen and oxygen atoms in total. The second-order valence-electron chi connectivity index (χ2n) is 3.69. The number of allylic oxidation sites excluding steroid dienone is 1. The number of hydrogen-bond donors (Lipinski definition) is 4. The maximum Gasteiger partial charge on any atom is 0.125 e. The van der Waals surface area contributed by atoms with Crippen molar-refractivity contribution in [2.75, 3.05) is 0 Å². The summed E-state index contributed by atoms with van der Waals surface area (Å²) in [6.45, 7) is 0. The van der Waals surface area contributed by atoms with Gasteiger partial charge >= 0.3 is 0 Å². The molecule has 1 aliphatic carbocycles. The van der Waals surface area contributed by atoms with Gasteiger partial charge in [-0.3, -0.25) is 0 Å². The van der Waals surface area contributed by atoms with E-state index >= 15 is 0 Å². The van der Waals surface area contributed by atoms with Gasteiger partial charge in [-0.2, -0.15) is 0 Å². The van der Waals surface area contributed by atoms with Gasteiger partial charge < -0.3 is 20.4 Å². The van der Waals surface area contributed by atoms with Crippen LogP contribution in [-0.2, 0) is 0 Å². The van der Waals surface area contributed by atoms with Gasteiger partial charge in [0.2, 0.25) is 0 Å². The first-order valence-corrected chi connectivity index (χ1v) is 4.88. The Labute approximate surface area is 92.4 Å². The van der Waals surface area contributed by atoms with Crippen molar-refractivity contribution in [3.63, 3.8) is 0 Å². The lowest BCUT2D eigenvalue weighted by Crippen LogP contribution is -2.12. The van der Waals surface area contributed by atoms with E-state index in [1.54, 1.807) is 12.1 Å². The second kappa shape index (κ2) is 3.90. The number of phenols is 1. The lowest BCUT2D eigenvalue weighted by Gasteiger charge is -2.18. The van der Waals surface area contributed by atoms with Gasteiger partial charge in [-0.15, -0.1) is 0 Å². The largest absolute Gasteiger partial charge is 0.511 e. The van der Waals surface area contributed by atoms with E-state index in [0.29, 0.717) is 11.1 Å². The summed E-state index contributed by atoms with van der Waals surface area (Å²) in [6, 6.07) is 6.10. The summed E-state index contributed by atoms with van der Waals surface area (Å²) in [5.41, 5.74) is 0.890. The first-order valence-electron chi connectivity index (χ1n) is 4.88. The molecule has 1 aromatic rings. The molecule has 0 saturated heterocycles. The molecule has 1 aromatic carbocycles. The van der Waals surface area contributed by atoms with E-state index in [0.717, 1.165) is 0 Å². The van der Waals surface area contributed by atoms with Crippen LogP contribution in [0.2, 0.25) is 0 Å². The van der Waals surface area contributed by atoms with Gasteiger partial charge in [0.25, 0.3) is 0 Å². The number of benzene rings is 1. The first-order chi connectivity index (χ1) is 7.58. The number of phenolic OH excluding ortho intramolecular Hbond substituents is 1. The van der Waals surface area contributed by atoms with Crippen molar-refractivity contribution < 1.29 is 20.4 Å². The molecule has 0 aromatic heterocycles. The topological polar surface area (TPSA) is 80.9 Å². The summed E-state index contributed by atoms with van der Waals surface area (Å²) in [6.07, 6.45) is 0.503. The zero-order chi connectivity index (χ0) is 11.7. The number of aromatic hydroxyl groups is 1. The molecule has 0 heterocycles. The van der Waals surface area contributed by atoms with E-state index in [-0.39, 0.29) is 23.7 Å². The molecule has 0 fully saturated rings. The SMILES string of the molecule is OC1=CC(O)CC(O)=C1c1ccc(O)cc1. The van der Waals surface area contributed by atoms with E-state index in [9.17, 15) is 15.3 Å². The van der Waals surface area contributed by atoms with Crippen LogP contribution in [0.3, 0.4) is 0 Å². The molecule has 1 atom stereocenters. The van der Waals surface area contributed by atoms with Crippen molar-refractivity contribution in [1.82, 2.24) is 0 Å². The van der Waals surface area contributed by atoms with Gasteiger partial charge in [0, 0.05) is 6.42 Å². The van der Waals surface area contributed by atoms with Gasteiger partial charge in [-0.25, -0.2) is 0 Å². The Balaban J connectivity index is 2.44. The Hall–Kier alpha value is -1.94. The monoisotopic (exact) mass is 220 g/mol.